The average molecular weight is 286 g/mol. The highest BCUT2D eigenvalue weighted by Crippen LogP contribution is 2.31. The number of rotatable bonds is 2. The van der Waals surface area contributed by atoms with Gasteiger partial charge in [0.1, 0.15) is 6.54 Å². The van der Waals surface area contributed by atoms with Gasteiger partial charge in [-0.15, -0.1) is 0 Å². The van der Waals surface area contributed by atoms with E-state index in [-0.39, 0.29) is 5.69 Å². The number of alkyl halides is 6. The van der Waals surface area contributed by atoms with Gasteiger partial charge in [0.2, 0.25) is 0 Å². The van der Waals surface area contributed by atoms with E-state index in [0.29, 0.717) is 12.1 Å². The van der Waals surface area contributed by atoms with Crippen LogP contribution in [0, 0.1) is 0 Å². The molecule has 0 heterocycles. The molecule has 0 spiro atoms. The number of nitrogen functional groups attached to an aromatic ring is 1. The van der Waals surface area contributed by atoms with Crippen LogP contribution in [0.25, 0.3) is 0 Å². The Morgan fingerprint density at radius 3 is 2.16 bits per heavy atom. The van der Waals surface area contributed by atoms with Crippen molar-refractivity contribution in [3.8, 4) is 0 Å². The van der Waals surface area contributed by atoms with Gasteiger partial charge in [-0.2, -0.15) is 26.3 Å². The first-order valence-electron chi connectivity index (χ1n) is 4.82. The third-order valence-electron chi connectivity index (χ3n) is 1.99. The minimum atomic E-state index is -4.74. The standard InChI is InChI=1S/C10H8F6N2O/c11-9(12,13)4-18-8(19)5-1-6(10(14,15)16)3-7(17)2-5/h1-3H,4,17H2,(H,18,19). The van der Waals surface area contributed by atoms with E-state index in [2.05, 4.69) is 0 Å². The summed E-state index contributed by atoms with van der Waals surface area (Å²) in [5.74, 6) is -1.28. The van der Waals surface area contributed by atoms with Crippen molar-refractivity contribution in [2.75, 3.05) is 12.3 Å². The molecule has 19 heavy (non-hydrogen) atoms. The molecule has 9 heteroatoms. The largest absolute Gasteiger partial charge is 0.416 e. The molecule has 1 aromatic carbocycles. The van der Waals surface area contributed by atoms with Crippen LogP contribution in [-0.4, -0.2) is 18.6 Å². The zero-order valence-corrected chi connectivity index (χ0v) is 9.19. The second-order valence-corrected chi connectivity index (χ2v) is 3.64. The maximum Gasteiger partial charge on any atom is 0.416 e. The molecule has 0 bridgehead atoms. The lowest BCUT2D eigenvalue weighted by molar-refractivity contribution is -0.137. The molecule has 0 radical (unpaired) electrons. The van der Waals surface area contributed by atoms with Crippen molar-refractivity contribution in [1.29, 1.82) is 0 Å². The van der Waals surface area contributed by atoms with E-state index < -0.39 is 35.9 Å². The van der Waals surface area contributed by atoms with Crippen molar-refractivity contribution in [1.82, 2.24) is 5.32 Å². The van der Waals surface area contributed by atoms with Gasteiger partial charge < -0.3 is 11.1 Å². The van der Waals surface area contributed by atoms with Gasteiger partial charge in [-0.3, -0.25) is 4.79 Å². The zero-order chi connectivity index (χ0) is 14.8. The molecule has 3 nitrogen and oxygen atoms in total. The summed E-state index contributed by atoms with van der Waals surface area (Å²) >= 11 is 0. The first kappa shape index (κ1) is 15.1. The van der Waals surface area contributed by atoms with Crippen LogP contribution in [0.3, 0.4) is 0 Å². The van der Waals surface area contributed by atoms with Crippen LogP contribution in [0.5, 0.6) is 0 Å². The van der Waals surface area contributed by atoms with Gasteiger partial charge >= 0.3 is 12.4 Å². The summed E-state index contributed by atoms with van der Waals surface area (Å²) in [4.78, 5) is 11.3. The van der Waals surface area contributed by atoms with Crippen LogP contribution >= 0.6 is 0 Å². The smallest absolute Gasteiger partial charge is 0.399 e. The van der Waals surface area contributed by atoms with Crippen LogP contribution in [0.1, 0.15) is 15.9 Å². The molecule has 0 unspecified atom stereocenters. The Balaban J connectivity index is 2.95. The van der Waals surface area contributed by atoms with Crippen LogP contribution in [0.2, 0.25) is 0 Å². The van der Waals surface area contributed by atoms with E-state index in [0.717, 1.165) is 6.07 Å². The lowest BCUT2D eigenvalue weighted by Crippen LogP contribution is -2.33. The van der Waals surface area contributed by atoms with E-state index in [9.17, 15) is 31.1 Å². The van der Waals surface area contributed by atoms with Gasteiger partial charge in [0.25, 0.3) is 5.91 Å². The molecule has 1 rings (SSSR count). The quantitative estimate of drug-likeness (QED) is 0.648. The van der Waals surface area contributed by atoms with Crippen molar-refractivity contribution in [2.45, 2.75) is 12.4 Å². The number of amides is 1. The van der Waals surface area contributed by atoms with E-state index in [1.54, 1.807) is 0 Å². The van der Waals surface area contributed by atoms with Crippen molar-refractivity contribution in [3.05, 3.63) is 29.3 Å². The molecule has 0 atom stereocenters. The fourth-order valence-electron chi connectivity index (χ4n) is 1.23. The molecule has 0 saturated carbocycles. The lowest BCUT2D eigenvalue weighted by atomic mass is 10.1. The molecule has 0 fully saturated rings. The predicted molar refractivity (Wildman–Crippen MR) is 54.2 cm³/mol. The maximum absolute atomic E-state index is 12.4. The normalized spacial score (nSPS) is 12.3. The van der Waals surface area contributed by atoms with Gasteiger partial charge in [0, 0.05) is 11.3 Å². The van der Waals surface area contributed by atoms with Crippen LogP contribution in [-0.2, 0) is 6.18 Å². The fraction of sp³-hybridized carbons (Fsp3) is 0.300. The summed E-state index contributed by atoms with van der Waals surface area (Å²) in [6.45, 7) is -1.64. The van der Waals surface area contributed by atoms with Crippen molar-refractivity contribution < 1.29 is 31.1 Å². The molecule has 0 aliphatic carbocycles. The lowest BCUT2D eigenvalue weighted by Gasteiger charge is -2.11. The Hall–Kier alpha value is -1.93. The number of carbonyl (C=O) groups is 1. The maximum atomic E-state index is 12.4. The van der Waals surface area contributed by atoms with Crippen LogP contribution < -0.4 is 11.1 Å². The number of nitrogens with one attached hydrogen (secondary N) is 1. The summed E-state index contributed by atoms with van der Waals surface area (Å²) in [6, 6.07) is 1.88. The SMILES string of the molecule is Nc1cc(C(=O)NCC(F)(F)F)cc(C(F)(F)F)c1. The zero-order valence-electron chi connectivity index (χ0n) is 9.19. The minimum absolute atomic E-state index is 0.369. The van der Waals surface area contributed by atoms with Crippen molar-refractivity contribution in [3.63, 3.8) is 0 Å². The first-order chi connectivity index (χ1) is 8.49. The Bertz CT molecular complexity index is 480. The monoisotopic (exact) mass is 286 g/mol. The third kappa shape index (κ3) is 4.68. The van der Waals surface area contributed by atoms with Crippen LogP contribution in [0.15, 0.2) is 18.2 Å². The van der Waals surface area contributed by atoms with E-state index >= 15 is 0 Å². The van der Waals surface area contributed by atoms with Gasteiger partial charge in [0.05, 0.1) is 5.56 Å². The summed E-state index contributed by atoms with van der Waals surface area (Å²) in [6.07, 6.45) is -9.39. The van der Waals surface area contributed by atoms with E-state index in [1.807, 2.05) is 0 Å². The molecule has 3 N–H and O–H groups in total. The Kier molecular flexibility index (Phi) is 3.97. The van der Waals surface area contributed by atoms with Crippen molar-refractivity contribution >= 4 is 11.6 Å². The molecule has 0 aromatic heterocycles. The summed E-state index contributed by atoms with van der Waals surface area (Å²) < 4.78 is 72.8. The van der Waals surface area contributed by atoms with E-state index in [1.165, 1.54) is 5.32 Å². The van der Waals surface area contributed by atoms with Gasteiger partial charge in [-0.05, 0) is 18.2 Å². The Labute approximate surface area is 103 Å². The molecule has 1 aromatic rings. The highest BCUT2D eigenvalue weighted by molar-refractivity contribution is 5.95. The summed E-state index contributed by atoms with van der Waals surface area (Å²) in [7, 11) is 0. The number of carbonyl (C=O) groups excluding carboxylic acids is 1. The molecule has 0 aliphatic rings. The number of hydrogen-bond donors (Lipinski definition) is 2. The first-order valence-corrected chi connectivity index (χ1v) is 4.82. The number of benzene rings is 1. The number of nitrogens with two attached hydrogens (primary N) is 1. The fourth-order valence-corrected chi connectivity index (χ4v) is 1.23. The minimum Gasteiger partial charge on any atom is -0.399 e. The molecule has 0 saturated heterocycles. The van der Waals surface area contributed by atoms with Crippen molar-refractivity contribution in [2.24, 2.45) is 0 Å². The number of halogens is 6. The Morgan fingerprint density at radius 1 is 1.11 bits per heavy atom. The van der Waals surface area contributed by atoms with Gasteiger partial charge in [-0.25, -0.2) is 0 Å². The van der Waals surface area contributed by atoms with E-state index in [4.69, 9.17) is 5.73 Å². The second kappa shape index (κ2) is 4.98. The highest BCUT2D eigenvalue weighted by Gasteiger charge is 2.32. The van der Waals surface area contributed by atoms with Gasteiger partial charge in [-0.1, -0.05) is 0 Å². The topological polar surface area (TPSA) is 55.1 Å². The summed E-state index contributed by atoms with van der Waals surface area (Å²) in [5.41, 5.74) is 3.01. The third-order valence-corrected chi connectivity index (χ3v) is 1.99. The summed E-state index contributed by atoms with van der Waals surface area (Å²) in [5, 5.41) is 1.46. The molecular weight excluding hydrogens is 278 g/mol. The molecule has 1 amide bonds. The highest BCUT2D eigenvalue weighted by atomic mass is 19.4. The second-order valence-electron chi connectivity index (χ2n) is 3.64. The van der Waals surface area contributed by atoms with Gasteiger partial charge in [0.15, 0.2) is 0 Å². The Morgan fingerprint density at radius 2 is 1.68 bits per heavy atom. The predicted octanol–water partition coefficient (Wildman–Crippen LogP) is 2.58. The number of hydrogen-bond acceptors (Lipinski definition) is 2. The average Bonchev–Trinajstić information content (AvgIpc) is 2.22. The molecule has 106 valence electrons. The number of anilines is 1. The van der Waals surface area contributed by atoms with Crippen LogP contribution in [0.4, 0.5) is 32.0 Å². The molecule has 0 aliphatic heterocycles. The molecular formula is C10H8F6N2O.